The van der Waals surface area contributed by atoms with Crippen molar-refractivity contribution in [2.75, 3.05) is 5.32 Å². The van der Waals surface area contributed by atoms with Gasteiger partial charge in [0.15, 0.2) is 0 Å². The molecule has 1 aliphatic rings. The molecule has 0 bridgehead atoms. The van der Waals surface area contributed by atoms with Gasteiger partial charge in [0.25, 0.3) is 11.8 Å². The first kappa shape index (κ1) is 19.0. The van der Waals surface area contributed by atoms with Crippen molar-refractivity contribution in [2.45, 2.75) is 11.4 Å². The third-order valence-electron chi connectivity index (χ3n) is 4.42. The van der Waals surface area contributed by atoms with E-state index in [9.17, 15) is 14.0 Å². The molecule has 0 spiro atoms. The fraction of sp³-hybridized carbons (Fsp3) is 0.0435. The van der Waals surface area contributed by atoms with Crippen molar-refractivity contribution in [3.63, 3.8) is 0 Å². The summed E-state index contributed by atoms with van der Waals surface area (Å²) in [4.78, 5) is 26.2. The molecule has 0 aliphatic carbocycles. The van der Waals surface area contributed by atoms with Gasteiger partial charge in [-0.2, -0.15) is 0 Å². The molecule has 0 saturated heterocycles. The topological polar surface area (TPSA) is 58.2 Å². The molecule has 2 N–H and O–H groups in total. The van der Waals surface area contributed by atoms with Crippen LogP contribution in [0.25, 0.3) is 6.08 Å². The number of amides is 2. The second-order valence-corrected chi connectivity index (χ2v) is 7.58. The summed E-state index contributed by atoms with van der Waals surface area (Å²) in [5.41, 5.74) is 2.98. The zero-order chi connectivity index (χ0) is 20.2. The summed E-state index contributed by atoms with van der Waals surface area (Å²) in [5.74, 6) is -0.667. The molecule has 1 heterocycles. The van der Waals surface area contributed by atoms with Gasteiger partial charge in [-0.1, -0.05) is 48.2 Å². The van der Waals surface area contributed by atoms with E-state index in [0.29, 0.717) is 17.0 Å². The summed E-state index contributed by atoms with van der Waals surface area (Å²) in [5, 5.41) is 5.69. The van der Waals surface area contributed by atoms with E-state index in [1.807, 2.05) is 24.3 Å². The summed E-state index contributed by atoms with van der Waals surface area (Å²) in [6.45, 7) is 0.321. The van der Waals surface area contributed by atoms with E-state index in [0.717, 1.165) is 21.7 Å². The molecule has 144 valence electrons. The van der Waals surface area contributed by atoms with E-state index in [1.165, 1.54) is 23.9 Å². The molecular weight excluding hydrogens is 387 g/mol. The van der Waals surface area contributed by atoms with Crippen molar-refractivity contribution in [2.24, 2.45) is 0 Å². The van der Waals surface area contributed by atoms with Gasteiger partial charge in [-0.25, -0.2) is 4.39 Å². The maximum atomic E-state index is 12.9. The number of carbonyl (C=O) groups is 2. The molecule has 3 aromatic carbocycles. The van der Waals surface area contributed by atoms with E-state index in [4.69, 9.17) is 0 Å². The number of hydrogen-bond acceptors (Lipinski definition) is 3. The summed E-state index contributed by atoms with van der Waals surface area (Å²) in [6.07, 6.45) is 1.80. The van der Waals surface area contributed by atoms with Crippen molar-refractivity contribution < 1.29 is 14.0 Å². The quantitative estimate of drug-likeness (QED) is 0.612. The zero-order valence-corrected chi connectivity index (χ0v) is 16.1. The van der Waals surface area contributed by atoms with Crippen LogP contribution in [-0.4, -0.2) is 11.8 Å². The van der Waals surface area contributed by atoms with Crippen molar-refractivity contribution in [3.8, 4) is 0 Å². The number of para-hydroxylation sites is 1. The van der Waals surface area contributed by atoms with Crippen LogP contribution in [0, 0.1) is 5.82 Å². The van der Waals surface area contributed by atoms with Crippen LogP contribution in [0.2, 0.25) is 0 Å². The Morgan fingerprint density at radius 1 is 1.00 bits per heavy atom. The van der Waals surface area contributed by atoms with Gasteiger partial charge in [-0.05, 0) is 53.6 Å². The summed E-state index contributed by atoms with van der Waals surface area (Å²) in [7, 11) is 0. The number of anilines is 1. The fourth-order valence-corrected chi connectivity index (χ4v) is 3.82. The number of rotatable bonds is 4. The van der Waals surface area contributed by atoms with E-state index in [1.54, 1.807) is 42.5 Å². The Kier molecular flexibility index (Phi) is 5.44. The Labute approximate surface area is 171 Å². The maximum Gasteiger partial charge on any atom is 0.262 e. The van der Waals surface area contributed by atoms with Gasteiger partial charge in [-0.15, -0.1) is 0 Å². The Balaban J connectivity index is 1.42. The molecule has 0 atom stereocenters. The lowest BCUT2D eigenvalue weighted by Gasteiger charge is -2.18. The molecule has 4 nitrogen and oxygen atoms in total. The molecule has 0 saturated carbocycles. The van der Waals surface area contributed by atoms with Crippen LogP contribution in [0.5, 0.6) is 0 Å². The number of thioether (sulfide) groups is 1. The number of benzene rings is 3. The van der Waals surface area contributed by atoms with Gasteiger partial charge in [0.05, 0.1) is 10.6 Å². The molecule has 3 aromatic rings. The second kappa shape index (κ2) is 8.32. The highest BCUT2D eigenvalue weighted by Crippen LogP contribution is 2.38. The lowest BCUT2D eigenvalue weighted by molar-refractivity contribution is -0.112. The van der Waals surface area contributed by atoms with E-state index >= 15 is 0 Å². The predicted octanol–water partition coefficient (Wildman–Crippen LogP) is 4.84. The van der Waals surface area contributed by atoms with Crippen molar-refractivity contribution in [3.05, 3.63) is 100 Å². The van der Waals surface area contributed by atoms with Crippen LogP contribution in [0.1, 0.15) is 21.5 Å². The first-order valence-electron chi connectivity index (χ1n) is 9.01. The normalized spacial score (nSPS) is 14.2. The van der Waals surface area contributed by atoms with Crippen molar-refractivity contribution >= 4 is 35.3 Å². The highest BCUT2D eigenvalue weighted by molar-refractivity contribution is 8.04. The number of hydrogen-bond donors (Lipinski definition) is 2. The molecule has 6 heteroatoms. The van der Waals surface area contributed by atoms with Crippen LogP contribution in [-0.2, 0) is 11.3 Å². The van der Waals surface area contributed by atoms with Crippen LogP contribution in [0.3, 0.4) is 0 Å². The monoisotopic (exact) mass is 404 g/mol. The molecule has 0 fully saturated rings. The van der Waals surface area contributed by atoms with E-state index < -0.39 is 0 Å². The first-order chi connectivity index (χ1) is 14.1. The second-order valence-electron chi connectivity index (χ2n) is 6.49. The van der Waals surface area contributed by atoms with Gasteiger partial charge in [0.1, 0.15) is 5.82 Å². The van der Waals surface area contributed by atoms with E-state index in [-0.39, 0.29) is 17.6 Å². The van der Waals surface area contributed by atoms with Crippen LogP contribution in [0.15, 0.2) is 82.6 Å². The Hall–Kier alpha value is -3.38. The standard InChI is InChI=1S/C23H17FN2O2S/c24-18-11-7-16(8-12-18)14-25-22(27)17-9-5-15(6-10-17)13-21-23(28)26-19-3-1-2-4-20(19)29-21/h1-13H,14H2,(H,25,27)(H,26,28)/b21-13+. The number of fused-ring (bicyclic) bond motifs is 1. The lowest BCUT2D eigenvalue weighted by Crippen LogP contribution is -2.22. The summed E-state index contributed by atoms with van der Waals surface area (Å²) in [6, 6.07) is 20.7. The minimum Gasteiger partial charge on any atom is -0.348 e. The van der Waals surface area contributed by atoms with Gasteiger partial charge in [-0.3, -0.25) is 9.59 Å². The summed E-state index contributed by atoms with van der Waals surface area (Å²) < 4.78 is 12.9. The highest BCUT2D eigenvalue weighted by atomic mass is 32.2. The van der Waals surface area contributed by atoms with Crippen LogP contribution in [0.4, 0.5) is 10.1 Å². The number of nitrogens with one attached hydrogen (secondary N) is 2. The smallest absolute Gasteiger partial charge is 0.262 e. The zero-order valence-electron chi connectivity index (χ0n) is 15.3. The van der Waals surface area contributed by atoms with Crippen LogP contribution >= 0.6 is 11.8 Å². The maximum absolute atomic E-state index is 12.9. The Morgan fingerprint density at radius 2 is 1.72 bits per heavy atom. The van der Waals surface area contributed by atoms with Crippen molar-refractivity contribution in [1.29, 1.82) is 0 Å². The molecule has 0 aromatic heterocycles. The highest BCUT2D eigenvalue weighted by Gasteiger charge is 2.20. The Morgan fingerprint density at radius 3 is 2.48 bits per heavy atom. The van der Waals surface area contributed by atoms with E-state index in [2.05, 4.69) is 10.6 Å². The third kappa shape index (κ3) is 4.55. The first-order valence-corrected chi connectivity index (χ1v) is 9.83. The third-order valence-corrected chi connectivity index (χ3v) is 5.51. The molecule has 0 unspecified atom stereocenters. The average Bonchev–Trinajstić information content (AvgIpc) is 2.74. The summed E-state index contributed by atoms with van der Waals surface area (Å²) >= 11 is 1.42. The molecule has 1 aliphatic heterocycles. The van der Waals surface area contributed by atoms with Crippen LogP contribution < -0.4 is 10.6 Å². The SMILES string of the molecule is O=C1Nc2ccccc2S/C1=C/c1ccc(C(=O)NCc2ccc(F)cc2)cc1. The van der Waals surface area contributed by atoms with Crippen molar-refractivity contribution in [1.82, 2.24) is 5.32 Å². The number of carbonyl (C=O) groups excluding carboxylic acids is 2. The minimum atomic E-state index is -0.307. The van der Waals surface area contributed by atoms with Gasteiger partial charge in [0.2, 0.25) is 0 Å². The molecule has 2 amide bonds. The van der Waals surface area contributed by atoms with Gasteiger partial charge >= 0.3 is 0 Å². The molecular formula is C23H17FN2O2S. The number of halogens is 1. The van der Waals surface area contributed by atoms with Gasteiger partial charge < -0.3 is 10.6 Å². The molecule has 0 radical (unpaired) electrons. The van der Waals surface area contributed by atoms with Gasteiger partial charge in [0, 0.05) is 17.0 Å². The Bertz CT molecular complexity index is 1090. The minimum absolute atomic E-state index is 0.144. The lowest BCUT2D eigenvalue weighted by atomic mass is 10.1. The largest absolute Gasteiger partial charge is 0.348 e. The average molecular weight is 404 g/mol. The fourth-order valence-electron chi connectivity index (χ4n) is 2.87. The molecule has 29 heavy (non-hydrogen) atoms. The molecule has 4 rings (SSSR count). The predicted molar refractivity (Wildman–Crippen MR) is 113 cm³/mol.